The molecule has 0 radical (unpaired) electrons. The van der Waals surface area contributed by atoms with Crippen LogP contribution < -0.4 is 5.32 Å². The van der Waals surface area contributed by atoms with Crippen LogP contribution in [0.4, 0.5) is 10.1 Å². The van der Waals surface area contributed by atoms with Crippen LogP contribution in [0.15, 0.2) is 30.3 Å². The van der Waals surface area contributed by atoms with Gasteiger partial charge in [0.05, 0.1) is 5.69 Å². The Bertz CT molecular complexity index is 737. The number of benzene rings is 2. The maximum Gasteiger partial charge on any atom is 0.256 e. The molecular formula is C17H15FN2O. The SMILES string of the molecule is Cc1cc(C)c(C(=O)Nc2cccc(F)c2C#N)c(C)c1. The summed E-state index contributed by atoms with van der Waals surface area (Å²) >= 11 is 0. The van der Waals surface area contributed by atoms with Crippen molar-refractivity contribution in [2.75, 3.05) is 5.32 Å². The number of nitriles is 1. The molecule has 0 saturated carbocycles. The van der Waals surface area contributed by atoms with Crippen LogP contribution in [0.2, 0.25) is 0 Å². The van der Waals surface area contributed by atoms with Gasteiger partial charge in [0, 0.05) is 5.56 Å². The molecule has 0 unspecified atom stereocenters. The number of amides is 1. The van der Waals surface area contributed by atoms with Crippen molar-refractivity contribution in [1.29, 1.82) is 5.26 Å². The molecular weight excluding hydrogens is 267 g/mol. The molecule has 0 atom stereocenters. The third kappa shape index (κ3) is 2.92. The Balaban J connectivity index is 2.41. The summed E-state index contributed by atoms with van der Waals surface area (Å²) in [7, 11) is 0. The monoisotopic (exact) mass is 282 g/mol. The second kappa shape index (κ2) is 5.76. The van der Waals surface area contributed by atoms with Gasteiger partial charge in [0.2, 0.25) is 0 Å². The van der Waals surface area contributed by atoms with Crippen molar-refractivity contribution in [2.45, 2.75) is 20.8 Å². The van der Waals surface area contributed by atoms with Gasteiger partial charge in [0.25, 0.3) is 5.91 Å². The van der Waals surface area contributed by atoms with E-state index in [9.17, 15) is 9.18 Å². The van der Waals surface area contributed by atoms with E-state index in [1.807, 2.05) is 32.9 Å². The maximum absolute atomic E-state index is 13.5. The molecule has 2 aromatic rings. The smallest absolute Gasteiger partial charge is 0.256 e. The van der Waals surface area contributed by atoms with Gasteiger partial charge in [-0.25, -0.2) is 4.39 Å². The number of rotatable bonds is 2. The third-order valence-corrected chi connectivity index (χ3v) is 3.28. The molecule has 0 aromatic heterocycles. The normalized spacial score (nSPS) is 10.0. The molecule has 3 nitrogen and oxygen atoms in total. The molecule has 0 bridgehead atoms. The Morgan fingerprint density at radius 3 is 2.38 bits per heavy atom. The Kier molecular flexibility index (Phi) is 4.04. The predicted octanol–water partition coefficient (Wildman–Crippen LogP) is 3.87. The summed E-state index contributed by atoms with van der Waals surface area (Å²) in [6, 6.07) is 9.76. The lowest BCUT2D eigenvalue weighted by molar-refractivity contribution is 0.102. The molecule has 4 heteroatoms. The third-order valence-electron chi connectivity index (χ3n) is 3.28. The highest BCUT2D eigenvalue weighted by molar-refractivity contribution is 6.06. The number of hydrogen-bond acceptors (Lipinski definition) is 2. The maximum atomic E-state index is 13.5. The number of carbonyl (C=O) groups is 1. The molecule has 2 rings (SSSR count). The molecule has 0 aliphatic carbocycles. The first-order valence-corrected chi connectivity index (χ1v) is 6.52. The molecule has 0 saturated heterocycles. The van der Waals surface area contributed by atoms with E-state index in [4.69, 9.17) is 5.26 Å². The Morgan fingerprint density at radius 1 is 1.19 bits per heavy atom. The topological polar surface area (TPSA) is 52.9 Å². The molecule has 106 valence electrons. The number of hydrogen-bond donors (Lipinski definition) is 1. The van der Waals surface area contributed by atoms with Crippen LogP contribution in [0.5, 0.6) is 0 Å². The number of halogens is 1. The fourth-order valence-corrected chi connectivity index (χ4v) is 2.46. The second-order valence-corrected chi connectivity index (χ2v) is 5.00. The van der Waals surface area contributed by atoms with Crippen LogP contribution in [0.3, 0.4) is 0 Å². The molecule has 1 N–H and O–H groups in total. The molecule has 0 heterocycles. The lowest BCUT2D eigenvalue weighted by Crippen LogP contribution is -2.16. The summed E-state index contributed by atoms with van der Waals surface area (Å²) in [5, 5.41) is 11.6. The van der Waals surface area contributed by atoms with Gasteiger partial charge in [-0.1, -0.05) is 23.8 Å². The Hall–Kier alpha value is -2.67. The van der Waals surface area contributed by atoms with Gasteiger partial charge in [0.15, 0.2) is 0 Å². The number of anilines is 1. The fourth-order valence-electron chi connectivity index (χ4n) is 2.46. The average Bonchev–Trinajstić information content (AvgIpc) is 2.37. The number of nitrogens with zero attached hydrogens (tertiary/aromatic N) is 1. The van der Waals surface area contributed by atoms with E-state index in [0.29, 0.717) is 5.56 Å². The summed E-state index contributed by atoms with van der Waals surface area (Å²) in [5.74, 6) is -0.986. The largest absolute Gasteiger partial charge is 0.321 e. The van der Waals surface area contributed by atoms with E-state index < -0.39 is 5.82 Å². The summed E-state index contributed by atoms with van der Waals surface area (Å²) in [6.07, 6.45) is 0. The van der Waals surface area contributed by atoms with Crippen molar-refractivity contribution in [3.05, 3.63) is 64.0 Å². The molecule has 0 aliphatic heterocycles. The first-order valence-electron chi connectivity index (χ1n) is 6.52. The minimum absolute atomic E-state index is 0.159. The second-order valence-electron chi connectivity index (χ2n) is 5.00. The van der Waals surface area contributed by atoms with Gasteiger partial charge in [-0.3, -0.25) is 4.79 Å². The average molecular weight is 282 g/mol. The summed E-state index contributed by atoms with van der Waals surface area (Å²) in [5.41, 5.74) is 3.34. The first-order chi connectivity index (χ1) is 9.93. The molecule has 0 aliphatic rings. The quantitative estimate of drug-likeness (QED) is 0.909. The van der Waals surface area contributed by atoms with E-state index in [1.54, 1.807) is 6.07 Å². The highest BCUT2D eigenvalue weighted by Crippen LogP contribution is 2.21. The summed E-state index contributed by atoms with van der Waals surface area (Å²) < 4.78 is 13.5. The van der Waals surface area contributed by atoms with Crippen molar-refractivity contribution in [3.63, 3.8) is 0 Å². The molecule has 21 heavy (non-hydrogen) atoms. The minimum atomic E-state index is -0.646. The van der Waals surface area contributed by atoms with Gasteiger partial charge in [0.1, 0.15) is 17.4 Å². The predicted molar refractivity (Wildman–Crippen MR) is 79.7 cm³/mol. The van der Waals surface area contributed by atoms with Gasteiger partial charge >= 0.3 is 0 Å². The van der Waals surface area contributed by atoms with E-state index in [0.717, 1.165) is 16.7 Å². The zero-order valence-electron chi connectivity index (χ0n) is 12.1. The Labute approximate surface area is 123 Å². The zero-order chi connectivity index (χ0) is 15.6. The molecule has 0 spiro atoms. The standard InChI is InChI=1S/C17H15FN2O/c1-10-7-11(2)16(12(3)8-10)17(21)20-15-6-4-5-14(18)13(15)9-19/h4-8H,1-3H3,(H,20,21). The van der Waals surface area contributed by atoms with Gasteiger partial charge in [-0.15, -0.1) is 0 Å². The van der Waals surface area contributed by atoms with E-state index in [1.165, 1.54) is 18.2 Å². The highest BCUT2D eigenvalue weighted by Gasteiger charge is 2.16. The van der Waals surface area contributed by atoms with Crippen LogP contribution in [-0.2, 0) is 0 Å². The molecule has 1 amide bonds. The van der Waals surface area contributed by atoms with Crippen LogP contribution in [0.25, 0.3) is 0 Å². The molecule has 0 fully saturated rings. The highest BCUT2D eigenvalue weighted by atomic mass is 19.1. The Morgan fingerprint density at radius 2 is 1.81 bits per heavy atom. The van der Waals surface area contributed by atoms with Gasteiger partial charge < -0.3 is 5.32 Å². The number of nitrogens with one attached hydrogen (secondary N) is 1. The van der Waals surface area contributed by atoms with Crippen molar-refractivity contribution < 1.29 is 9.18 Å². The van der Waals surface area contributed by atoms with Gasteiger partial charge in [-0.05, 0) is 44.0 Å². The van der Waals surface area contributed by atoms with Crippen molar-refractivity contribution in [3.8, 4) is 6.07 Å². The first kappa shape index (κ1) is 14.7. The van der Waals surface area contributed by atoms with Crippen molar-refractivity contribution in [1.82, 2.24) is 0 Å². The lowest BCUT2D eigenvalue weighted by atomic mass is 9.99. The minimum Gasteiger partial charge on any atom is -0.321 e. The summed E-state index contributed by atoms with van der Waals surface area (Å²) in [6.45, 7) is 5.67. The van der Waals surface area contributed by atoms with Crippen LogP contribution in [0.1, 0.15) is 32.6 Å². The molecule has 2 aromatic carbocycles. The van der Waals surface area contributed by atoms with E-state index >= 15 is 0 Å². The van der Waals surface area contributed by atoms with Crippen LogP contribution in [0, 0.1) is 37.9 Å². The van der Waals surface area contributed by atoms with Crippen molar-refractivity contribution in [2.24, 2.45) is 0 Å². The van der Waals surface area contributed by atoms with Crippen LogP contribution in [-0.4, -0.2) is 5.91 Å². The van der Waals surface area contributed by atoms with E-state index in [2.05, 4.69) is 5.32 Å². The number of carbonyl (C=O) groups excluding carboxylic acids is 1. The lowest BCUT2D eigenvalue weighted by Gasteiger charge is -2.12. The summed E-state index contributed by atoms with van der Waals surface area (Å²) in [4.78, 5) is 12.4. The zero-order valence-corrected chi connectivity index (χ0v) is 12.1. The van der Waals surface area contributed by atoms with Crippen molar-refractivity contribution >= 4 is 11.6 Å². The fraction of sp³-hybridized carbons (Fsp3) is 0.176. The van der Waals surface area contributed by atoms with Crippen LogP contribution >= 0.6 is 0 Å². The van der Waals surface area contributed by atoms with E-state index in [-0.39, 0.29) is 17.2 Å². The number of aryl methyl sites for hydroxylation is 3. The van der Waals surface area contributed by atoms with Gasteiger partial charge in [-0.2, -0.15) is 5.26 Å².